The van der Waals surface area contributed by atoms with E-state index in [2.05, 4.69) is 4.18 Å². The van der Waals surface area contributed by atoms with Crippen LogP contribution in [0.15, 0.2) is 12.1 Å². The third-order valence-corrected chi connectivity index (χ3v) is 2.20. The first-order valence-corrected chi connectivity index (χ1v) is 5.67. The highest BCUT2D eigenvalue weighted by atomic mass is 32.3. The summed E-state index contributed by atoms with van der Waals surface area (Å²) in [5, 5.41) is 31.8. The molecule has 0 fully saturated rings. The van der Waals surface area contributed by atoms with Crippen molar-refractivity contribution in [1.82, 2.24) is 0 Å². The van der Waals surface area contributed by atoms with E-state index >= 15 is 0 Å². The topological polar surface area (TPSA) is 193 Å². The monoisotopic (exact) mass is 309 g/mol. The highest BCUT2D eigenvalue weighted by Crippen LogP contribution is 2.40. The second kappa shape index (κ2) is 5.02. The Balaban J connectivity index is 3.72. The largest absolute Gasteiger partial charge is 0.446 e. The minimum Gasteiger partial charge on any atom is -0.347 e. The molecule has 0 spiro atoms. The van der Waals surface area contributed by atoms with E-state index in [0.717, 1.165) is 0 Å². The van der Waals surface area contributed by atoms with Crippen molar-refractivity contribution in [2.75, 3.05) is 0 Å². The molecule has 0 saturated carbocycles. The van der Waals surface area contributed by atoms with E-state index in [-0.39, 0.29) is 12.1 Å². The van der Waals surface area contributed by atoms with Gasteiger partial charge in [0.05, 0.1) is 26.9 Å². The van der Waals surface area contributed by atoms with Gasteiger partial charge in [-0.3, -0.25) is 34.9 Å². The van der Waals surface area contributed by atoms with E-state index in [1.165, 1.54) is 0 Å². The summed E-state index contributed by atoms with van der Waals surface area (Å²) in [6.45, 7) is 0. The van der Waals surface area contributed by atoms with Gasteiger partial charge in [-0.15, -0.1) is 0 Å². The van der Waals surface area contributed by atoms with Crippen molar-refractivity contribution in [2.45, 2.75) is 0 Å². The van der Waals surface area contributed by atoms with Crippen LogP contribution in [-0.4, -0.2) is 27.7 Å². The molecule has 0 atom stereocenters. The van der Waals surface area contributed by atoms with Crippen LogP contribution < -0.4 is 4.18 Å². The van der Waals surface area contributed by atoms with Crippen molar-refractivity contribution in [1.29, 1.82) is 0 Å². The van der Waals surface area contributed by atoms with Crippen molar-refractivity contribution in [3.63, 3.8) is 0 Å². The number of nitrogens with zero attached hydrogens (tertiary/aromatic N) is 3. The Morgan fingerprint density at radius 3 is 1.60 bits per heavy atom. The summed E-state index contributed by atoms with van der Waals surface area (Å²) in [7, 11) is -5.30. The fourth-order valence-corrected chi connectivity index (χ4v) is 1.53. The molecule has 0 unspecified atom stereocenters. The van der Waals surface area contributed by atoms with Gasteiger partial charge in [0.2, 0.25) is 0 Å². The van der Waals surface area contributed by atoms with E-state index in [4.69, 9.17) is 4.55 Å². The van der Waals surface area contributed by atoms with Gasteiger partial charge in [-0.25, -0.2) is 0 Å². The predicted molar refractivity (Wildman–Crippen MR) is 58.6 cm³/mol. The van der Waals surface area contributed by atoms with Crippen LogP contribution in [0.4, 0.5) is 17.1 Å². The van der Waals surface area contributed by atoms with Crippen LogP contribution in [0.1, 0.15) is 0 Å². The molecule has 0 aliphatic carbocycles. The quantitative estimate of drug-likeness (QED) is 0.456. The van der Waals surface area contributed by atoms with Crippen LogP contribution in [0.2, 0.25) is 0 Å². The molecule has 1 N–H and O–H groups in total. The van der Waals surface area contributed by atoms with Crippen LogP contribution in [0.3, 0.4) is 0 Å². The lowest BCUT2D eigenvalue weighted by atomic mass is 10.2. The van der Waals surface area contributed by atoms with Crippen molar-refractivity contribution in [3.05, 3.63) is 42.5 Å². The molecule has 13 nitrogen and oxygen atoms in total. The molecule has 1 aromatic carbocycles. The highest BCUT2D eigenvalue weighted by molar-refractivity contribution is 7.81. The molecular weight excluding hydrogens is 306 g/mol. The zero-order valence-corrected chi connectivity index (χ0v) is 9.84. The number of rotatable bonds is 5. The second-order valence-corrected chi connectivity index (χ2v) is 4.12. The first-order chi connectivity index (χ1) is 9.03. The maximum Gasteiger partial charge on any atom is 0.446 e. The first kappa shape index (κ1) is 15.2. The lowest BCUT2D eigenvalue weighted by molar-refractivity contribution is -0.404. The second-order valence-electron chi connectivity index (χ2n) is 3.10. The number of nitro groups is 3. The van der Waals surface area contributed by atoms with Gasteiger partial charge >= 0.3 is 21.8 Å². The Morgan fingerprint density at radius 2 is 1.35 bits per heavy atom. The average molecular weight is 309 g/mol. The lowest BCUT2D eigenvalue weighted by Gasteiger charge is -2.03. The van der Waals surface area contributed by atoms with E-state index < -0.39 is 48.0 Å². The Labute approximate surface area is 108 Å². The van der Waals surface area contributed by atoms with Gasteiger partial charge in [0.15, 0.2) is 0 Å². The van der Waals surface area contributed by atoms with E-state index in [0.29, 0.717) is 0 Å². The van der Waals surface area contributed by atoms with Crippen molar-refractivity contribution in [2.24, 2.45) is 0 Å². The summed E-state index contributed by atoms with van der Waals surface area (Å²) in [5.74, 6) is -1.44. The molecule has 0 aromatic heterocycles. The van der Waals surface area contributed by atoms with E-state index in [1.54, 1.807) is 0 Å². The molecule has 0 radical (unpaired) electrons. The Hall–Kier alpha value is -2.87. The molecule has 0 aliphatic rings. The van der Waals surface area contributed by atoms with Crippen LogP contribution in [-0.2, 0) is 10.4 Å². The minimum absolute atomic E-state index is 0.257. The van der Waals surface area contributed by atoms with Gasteiger partial charge in [-0.1, -0.05) is 0 Å². The summed E-state index contributed by atoms with van der Waals surface area (Å²) in [5.41, 5.74) is -3.74. The lowest BCUT2D eigenvalue weighted by Crippen LogP contribution is -2.10. The Morgan fingerprint density at radius 1 is 0.950 bits per heavy atom. The number of nitro benzene ring substituents is 3. The molecule has 20 heavy (non-hydrogen) atoms. The molecule has 0 amide bonds. The molecule has 0 heterocycles. The summed E-state index contributed by atoms with van der Waals surface area (Å²) in [6.07, 6.45) is 0. The molecule has 108 valence electrons. The minimum atomic E-state index is -5.30. The van der Waals surface area contributed by atoms with Crippen molar-refractivity contribution >= 4 is 27.5 Å². The van der Waals surface area contributed by atoms with Crippen LogP contribution in [0.5, 0.6) is 5.75 Å². The van der Waals surface area contributed by atoms with Crippen LogP contribution >= 0.6 is 0 Å². The number of benzene rings is 1. The molecule has 1 rings (SSSR count). The van der Waals surface area contributed by atoms with Crippen molar-refractivity contribution in [3.8, 4) is 5.75 Å². The summed E-state index contributed by atoms with van der Waals surface area (Å²) in [4.78, 5) is 28.0. The SMILES string of the molecule is O=[N+]([O-])c1cc([N+](=O)[O-])c(OS(=O)(=O)O)c([N+](=O)[O-])c1. The van der Waals surface area contributed by atoms with E-state index in [9.17, 15) is 38.8 Å². The maximum atomic E-state index is 10.7. The van der Waals surface area contributed by atoms with Gasteiger partial charge in [0.1, 0.15) is 0 Å². The summed E-state index contributed by atoms with van der Waals surface area (Å²) >= 11 is 0. The van der Waals surface area contributed by atoms with Crippen LogP contribution in [0.25, 0.3) is 0 Å². The fourth-order valence-electron chi connectivity index (χ4n) is 1.15. The first-order valence-electron chi connectivity index (χ1n) is 4.31. The normalized spacial score (nSPS) is 10.8. The molecule has 14 heteroatoms. The summed E-state index contributed by atoms with van der Waals surface area (Å²) in [6, 6.07) is 0.515. The van der Waals surface area contributed by atoms with Gasteiger partial charge in [-0.2, -0.15) is 8.42 Å². The fraction of sp³-hybridized carbons (Fsp3) is 0. The number of non-ortho nitro benzene ring substituents is 1. The zero-order chi connectivity index (χ0) is 15.7. The number of hydrogen-bond donors (Lipinski definition) is 1. The molecule has 1 aromatic rings. The van der Waals surface area contributed by atoms with Crippen LogP contribution in [0, 0.1) is 30.3 Å². The highest BCUT2D eigenvalue weighted by Gasteiger charge is 2.34. The predicted octanol–water partition coefficient (Wildman–Crippen LogP) is 0.593. The molecular formula is C6H3N3O10S. The average Bonchev–Trinajstić information content (AvgIpc) is 2.25. The van der Waals surface area contributed by atoms with Gasteiger partial charge in [0.25, 0.3) is 11.4 Å². The van der Waals surface area contributed by atoms with E-state index in [1.807, 2.05) is 0 Å². The maximum absolute atomic E-state index is 10.7. The van der Waals surface area contributed by atoms with Gasteiger partial charge in [-0.05, 0) is 0 Å². The van der Waals surface area contributed by atoms with Gasteiger partial charge < -0.3 is 4.18 Å². The molecule has 0 bridgehead atoms. The number of hydrogen-bond acceptors (Lipinski definition) is 9. The smallest absolute Gasteiger partial charge is 0.347 e. The molecule has 0 saturated heterocycles. The summed E-state index contributed by atoms with van der Waals surface area (Å²) < 4.78 is 33.2. The standard InChI is InChI=1S/C6H3N3O10S/c10-7(11)3-1-4(8(12)13)6(19-20(16,17)18)5(2-3)9(14)15/h1-2H,(H,16,17,18). The Bertz CT molecular complexity index is 675. The Kier molecular flexibility index (Phi) is 3.81. The van der Waals surface area contributed by atoms with Crippen molar-refractivity contribution < 1.29 is 31.9 Å². The third-order valence-electron chi connectivity index (χ3n) is 1.83. The molecule has 0 aliphatic heterocycles. The van der Waals surface area contributed by atoms with Gasteiger partial charge in [0, 0.05) is 0 Å². The third kappa shape index (κ3) is 3.33. The zero-order valence-electron chi connectivity index (χ0n) is 9.03.